The van der Waals surface area contributed by atoms with Crippen molar-refractivity contribution in [1.29, 1.82) is 0 Å². The molecular weight excluding hydrogens is 314 g/mol. The van der Waals surface area contributed by atoms with Crippen LogP contribution in [-0.4, -0.2) is 15.0 Å². The van der Waals surface area contributed by atoms with Crippen molar-refractivity contribution in [3.8, 4) is 0 Å². The van der Waals surface area contributed by atoms with Crippen molar-refractivity contribution in [2.24, 2.45) is 0 Å². The van der Waals surface area contributed by atoms with Crippen LogP contribution in [-0.2, 0) is 5.75 Å². The van der Waals surface area contributed by atoms with Gasteiger partial charge in [0.25, 0.3) is 5.22 Å². The van der Waals surface area contributed by atoms with Gasteiger partial charge in [-0.1, -0.05) is 24.6 Å². The van der Waals surface area contributed by atoms with Crippen LogP contribution in [0.15, 0.2) is 27.2 Å². The molecule has 3 aromatic heterocycles. The average molecular weight is 331 g/mol. The van der Waals surface area contributed by atoms with Gasteiger partial charge in [0, 0.05) is 22.7 Å². The van der Waals surface area contributed by atoms with Gasteiger partial charge in [-0.25, -0.2) is 9.97 Å². The van der Waals surface area contributed by atoms with Crippen molar-refractivity contribution in [2.75, 3.05) is 0 Å². The highest BCUT2D eigenvalue weighted by atomic mass is 32.2. The van der Waals surface area contributed by atoms with Gasteiger partial charge in [-0.2, -0.15) is 4.98 Å². The zero-order chi connectivity index (χ0) is 14.9. The lowest BCUT2D eigenvalue weighted by Gasteiger charge is -2.02. The molecule has 0 bridgehead atoms. The van der Waals surface area contributed by atoms with Gasteiger partial charge in [0.05, 0.1) is 10.7 Å². The summed E-state index contributed by atoms with van der Waals surface area (Å²) in [5.41, 5.74) is 3.52. The second-order valence-corrected chi connectivity index (χ2v) is 7.52. The third-order valence-corrected chi connectivity index (χ3v) is 5.91. The lowest BCUT2D eigenvalue weighted by Crippen LogP contribution is -1.91. The number of hydrogen-bond donors (Lipinski definition) is 0. The molecule has 6 heteroatoms. The molecule has 0 aliphatic heterocycles. The number of pyridine rings is 1. The number of fused-ring (bicyclic) bond motifs is 1. The summed E-state index contributed by atoms with van der Waals surface area (Å²) in [7, 11) is 0. The lowest BCUT2D eigenvalue weighted by molar-refractivity contribution is 0.489. The van der Waals surface area contributed by atoms with E-state index in [1.54, 1.807) is 23.1 Å². The van der Waals surface area contributed by atoms with E-state index in [4.69, 9.17) is 9.40 Å². The molecule has 22 heavy (non-hydrogen) atoms. The Morgan fingerprint density at radius 1 is 1.23 bits per heavy atom. The zero-order valence-electron chi connectivity index (χ0n) is 12.4. The fourth-order valence-corrected chi connectivity index (χ4v) is 4.66. The standard InChI is InChI=1S/C16H17N3OS2/c1-10-6-7-13-14(17-10)19-16(20-13)22-9-12-8-21-15(18-12)11-4-2-3-5-11/h6-8,11H,2-5,9H2,1H3. The summed E-state index contributed by atoms with van der Waals surface area (Å²) in [6.45, 7) is 1.96. The van der Waals surface area contributed by atoms with Crippen molar-refractivity contribution in [2.45, 2.75) is 49.5 Å². The molecule has 3 aromatic rings. The molecule has 4 nitrogen and oxygen atoms in total. The number of thiazole rings is 1. The number of rotatable bonds is 4. The Bertz CT molecular complexity index is 790. The summed E-state index contributed by atoms with van der Waals surface area (Å²) in [6, 6.07) is 3.87. The molecule has 1 aliphatic rings. The second kappa shape index (κ2) is 6.01. The number of thioether (sulfide) groups is 1. The summed E-state index contributed by atoms with van der Waals surface area (Å²) in [5, 5.41) is 4.15. The van der Waals surface area contributed by atoms with E-state index >= 15 is 0 Å². The summed E-state index contributed by atoms with van der Waals surface area (Å²) in [6.07, 6.45) is 5.31. The normalized spacial score (nSPS) is 15.9. The van der Waals surface area contributed by atoms with Gasteiger partial charge in [-0.15, -0.1) is 11.3 Å². The van der Waals surface area contributed by atoms with Gasteiger partial charge in [-0.05, 0) is 31.9 Å². The Hall–Kier alpha value is -1.40. The molecular formula is C16H17N3OS2. The summed E-state index contributed by atoms with van der Waals surface area (Å²) in [5.74, 6) is 1.50. The molecule has 1 aliphatic carbocycles. The van der Waals surface area contributed by atoms with Gasteiger partial charge in [0.15, 0.2) is 11.2 Å². The van der Waals surface area contributed by atoms with Gasteiger partial charge in [0.2, 0.25) is 0 Å². The van der Waals surface area contributed by atoms with Gasteiger partial charge in [0.1, 0.15) is 0 Å². The Balaban J connectivity index is 1.44. The number of nitrogens with zero attached hydrogens (tertiary/aromatic N) is 3. The van der Waals surface area contributed by atoms with Crippen molar-refractivity contribution >= 4 is 34.3 Å². The van der Waals surface area contributed by atoms with Crippen molar-refractivity contribution < 1.29 is 4.42 Å². The molecule has 114 valence electrons. The fraction of sp³-hybridized carbons (Fsp3) is 0.438. The molecule has 0 spiro atoms. The van der Waals surface area contributed by atoms with Crippen LogP contribution in [0.4, 0.5) is 0 Å². The first-order chi connectivity index (χ1) is 10.8. The van der Waals surface area contributed by atoms with Crippen LogP contribution in [0, 0.1) is 6.92 Å². The van der Waals surface area contributed by atoms with E-state index in [9.17, 15) is 0 Å². The Morgan fingerprint density at radius 3 is 2.95 bits per heavy atom. The fourth-order valence-electron chi connectivity index (χ4n) is 2.84. The molecule has 0 aromatic carbocycles. The number of aryl methyl sites for hydroxylation is 1. The lowest BCUT2D eigenvalue weighted by atomic mass is 10.1. The van der Waals surface area contributed by atoms with Crippen molar-refractivity contribution in [1.82, 2.24) is 15.0 Å². The molecule has 0 atom stereocenters. The topological polar surface area (TPSA) is 51.8 Å². The monoisotopic (exact) mass is 331 g/mol. The molecule has 0 amide bonds. The molecule has 0 saturated heterocycles. The van der Waals surface area contributed by atoms with Crippen LogP contribution in [0.5, 0.6) is 0 Å². The molecule has 1 saturated carbocycles. The highest BCUT2D eigenvalue weighted by molar-refractivity contribution is 7.98. The Labute approximate surface area is 137 Å². The van der Waals surface area contributed by atoms with Gasteiger partial charge >= 0.3 is 0 Å². The molecule has 4 rings (SSSR count). The zero-order valence-corrected chi connectivity index (χ0v) is 14.0. The third kappa shape index (κ3) is 2.90. The van der Waals surface area contributed by atoms with Crippen LogP contribution < -0.4 is 0 Å². The van der Waals surface area contributed by atoms with Gasteiger partial charge < -0.3 is 4.42 Å². The first-order valence-corrected chi connectivity index (χ1v) is 9.46. The Kier molecular flexibility index (Phi) is 3.88. The summed E-state index contributed by atoms with van der Waals surface area (Å²) in [4.78, 5) is 13.6. The minimum absolute atomic E-state index is 0.670. The predicted octanol–water partition coefficient (Wildman–Crippen LogP) is 4.94. The molecule has 0 N–H and O–H groups in total. The predicted molar refractivity (Wildman–Crippen MR) is 89.4 cm³/mol. The van der Waals surface area contributed by atoms with E-state index in [2.05, 4.69) is 15.3 Å². The average Bonchev–Trinajstić information content (AvgIpc) is 3.24. The summed E-state index contributed by atoms with van der Waals surface area (Å²) >= 11 is 3.39. The van der Waals surface area contributed by atoms with Crippen LogP contribution >= 0.6 is 23.1 Å². The Morgan fingerprint density at radius 2 is 2.09 bits per heavy atom. The minimum Gasteiger partial charge on any atom is -0.430 e. The van der Waals surface area contributed by atoms with Crippen LogP contribution in [0.1, 0.15) is 48.0 Å². The maximum Gasteiger partial charge on any atom is 0.258 e. The third-order valence-electron chi connectivity index (χ3n) is 3.99. The highest BCUT2D eigenvalue weighted by Crippen LogP contribution is 2.36. The summed E-state index contributed by atoms with van der Waals surface area (Å²) < 4.78 is 5.72. The number of oxazole rings is 1. The van der Waals surface area contributed by atoms with Crippen molar-refractivity contribution in [3.63, 3.8) is 0 Å². The largest absolute Gasteiger partial charge is 0.430 e. The van der Waals surface area contributed by atoms with E-state index in [0.717, 1.165) is 22.7 Å². The molecule has 0 radical (unpaired) electrons. The van der Waals surface area contributed by atoms with E-state index in [1.807, 2.05) is 19.1 Å². The van der Waals surface area contributed by atoms with Crippen molar-refractivity contribution in [3.05, 3.63) is 33.9 Å². The smallest absolute Gasteiger partial charge is 0.258 e. The van der Waals surface area contributed by atoms with E-state index in [-0.39, 0.29) is 0 Å². The second-order valence-electron chi connectivity index (χ2n) is 5.70. The van der Waals surface area contributed by atoms with Crippen LogP contribution in [0.25, 0.3) is 11.2 Å². The number of hydrogen-bond acceptors (Lipinski definition) is 6. The maximum absolute atomic E-state index is 5.72. The quantitative estimate of drug-likeness (QED) is 0.634. The van der Waals surface area contributed by atoms with E-state index < -0.39 is 0 Å². The maximum atomic E-state index is 5.72. The molecule has 0 unspecified atom stereocenters. The first kappa shape index (κ1) is 14.2. The SMILES string of the molecule is Cc1ccc2oc(SCc3csc(C4CCCC4)n3)nc2n1. The highest BCUT2D eigenvalue weighted by Gasteiger charge is 2.20. The van der Waals surface area contributed by atoms with Crippen LogP contribution in [0.3, 0.4) is 0 Å². The number of aromatic nitrogens is 3. The molecule has 1 fully saturated rings. The van der Waals surface area contributed by atoms with Crippen LogP contribution in [0.2, 0.25) is 0 Å². The first-order valence-electron chi connectivity index (χ1n) is 7.59. The van der Waals surface area contributed by atoms with E-state index in [1.165, 1.54) is 30.7 Å². The van der Waals surface area contributed by atoms with Gasteiger partial charge in [-0.3, -0.25) is 0 Å². The molecule has 3 heterocycles. The minimum atomic E-state index is 0.670. The van der Waals surface area contributed by atoms with E-state index in [0.29, 0.717) is 16.8 Å².